The maximum atomic E-state index is 12.1. The van der Waals surface area contributed by atoms with E-state index in [2.05, 4.69) is 22.8 Å². The number of allylic oxidation sites excluding steroid dienone is 2. The van der Waals surface area contributed by atoms with E-state index in [1.165, 1.54) is 6.92 Å². The summed E-state index contributed by atoms with van der Waals surface area (Å²) in [4.78, 5) is 23.1. The Morgan fingerprint density at radius 2 is 1.89 bits per heavy atom. The molecule has 2 N–H and O–H groups in total. The van der Waals surface area contributed by atoms with Crippen LogP contribution in [0.15, 0.2) is 36.4 Å². The van der Waals surface area contributed by atoms with Crippen molar-refractivity contribution in [1.82, 2.24) is 0 Å². The number of carbonyl (C=O) groups is 2. The molecule has 0 saturated carbocycles. The van der Waals surface area contributed by atoms with Gasteiger partial charge in [0.25, 0.3) is 0 Å². The molecule has 0 aliphatic heterocycles. The number of carbonyl (C=O) groups excluding carboxylic acids is 2. The van der Waals surface area contributed by atoms with Crippen LogP contribution in [0.4, 0.5) is 11.4 Å². The minimum Gasteiger partial charge on any atom is -0.326 e. The molecule has 1 aliphatic carbocycles. The second kappa shape index (κ2) is 6.18. The number of benzene rings is 1. The van der Waals surface area contributed by atoms with E-state index in [0.717, 1.165) is 19.3 Å². The largest absolute Gasteiger partial charge is 0.326 e. The van der Waals surface area contributed by atoms with E-state index in [4.69, 9.17) is 0 Å². The molecule has 0 fully saturated rings. The second-order valence-corrected chi connectivity index (χ2v) is 4.73. The summed E-state index contributed by atoms with van der Waals surface area (Å²) in [6, 6.07) is 7.18. The monoisotopic (exact) mass is 258 g/mol. The van der Waals surface area contributed by atoms with Gasteiger partial charge in [-0.05, 0) is 37.5 Å². The van der Waals surface area contributed by atoms with Crippen LogP contribution in [-0.2, 0) is 9.59 Å². The van der Waals surface area contributed by atoms with Crippen LogP contribution in [0.25, 0.3) is 0 Å². The highest BCUT2D eigenvalue weighted by molar-refractivity contribution is 5.94. The minimum atomic E-state index is -0.124. The predicted molar refractivity (Wildman–Crippen MR) is 75.9 cm³/mol. The third-order valence-corrected chi connectivity index (χ3v) is 3.09. The van der Waals surface area contributed by atoms with Gasteiger partial charge < -0.3 is 10.6 Å². The molecule has 1 aromatic carbocycles. The predicted octanol–water partition coefficient (Wildman–Crippen LogP) is 2.94. The summed E-state index contributed by atoms with van der Waals surface area (Å²) in [7, 11) is 0. The highest BCUT2D eigenvalue weighted by Gasteiger charge is 2.18. The first-order chi connectivity index (χ1) is 9.15. The molecule has 0 unspecified atom stereocenters. The zero-order valence-electron chi connectivity index (χ0n) is 11.0. The van der Waals surface area contributed by atoms with Gasteiger partial charge in [-0.2, -0.15) is 0 Å². The summed E-state index contributed by atoms with van der Waals surface area (Å²) in [6.45, 7) is 1.46. The average Bonchev–Trinajstić information content (AvgIpc) is 2.39. The van der Waals surface area contributed by atoms with Gasteiger partial charge in [0.1, 0.15) is 0 Å². The summed E-state index contributed by atoms with van der Waals surface area (Å²) in [5, 5.41) is 5.60. The van der Waals surface area contributed by atoms with Gasteiger partial charge in [-0.3, -0.25) is 9.59 Å². The summed E-state index contributed by atoms with van der Waals surface area (Å²) in [6.07, 6.45) is 6.83. The molecule has 1 aromatic rings. The Balaban J connectivity index is 2.00. The molecule has 100 valence electrons. The van der Waals surface area contributed by atoms with Crippen LogP contribution in [0.2, 0.25) is 0 Å². The molecule has 4 nitrogen and oxygen atoms in total. The van der Waals surface area contributed by atoms with Gasteiger partial charge in [0.2, 0.25) is 11.8 Å². The van der Waals surface area contributed by atoms with Gasteiger partial charge in [0.05, 0.1) is 0 Å². The topological polar surface area (TPSA) is 58.2 Å². The van der Waals surface area contributed by atoms with Crippen molar-refractivity contribution >= 4 is 23.2 Å². The Morgan fingerprint density at radius 3 is 2.53 bits per heavy atom. The van der Waals surface area contributed by atoms with Crippen molar-refractivity contribution in [3.8, 4) is 0 Å². The van der Waals surface area contributed by atoms with Crippen LogP contribution in [0.5, 0.6) is 0 Å². The standard InChI is InChI=1S/C15H18N2O2/c1-11(18)16-13-8-5-9-14(10-13)17-15(19)12-6-3-2-4-7-12/h2-3,5,8-10,12H,4,6-7H2,1H3,(H,16,18)(H,17,19)/t12-/m0/s1. The zero-order chi connectivity index (χ0) is 13.7. The Bertz CT molecular complexity index is 509. The van der Waals surface area contributed by atoms with E-state index in [-0.39, 0.29) is 17.7 Å². The molecule has 0 spiro atoms. The van der Waals surface area contributed by atoms with E-state index in [1.807, 2.05) is 12.1 Å². The van der Waals surface area contributed by atoms with Crippen LogP contribution in [0.3, 0.4) is 0 Å². The quantitative estimate of drug-likeness (QED) is 0.819. The minimum absolute atomic E-state index is 0.0457. The van der Waals surface area contributed by atoms with Gasteiger partial charge in [-0.1, -0.05) is 18.2 Å². The normalized spacial score (nSPS) is 17.8. The zero-order valence-corrected chi connectivity index (χ0v) is 11.0. The van der Waals surface area contributed by atoms with Crippen molar-refractivity contribution < 1.29 is 9.59 Å². The average molecular weight is 258 g/mol. The number of anilines is 2. The van der Waals surface area contributed by atoms with Crippen molar-refractivity contribution in [3.63, 3.8) is 0 Å². The first kappa shape index (κ1) is 13.3. The van der Waals surface area contributed by atoms with Gasteiger partial charge >= 0.3 is 0 Å². The summed E-state index contributed by atoms with van der Waals surface area (Å²) >= 11 is 0. The maximum Gasteiger partial charge on any atom is 0.227 e. The summed E-state index contributed by atoms with van der Waals surface area (Å²) in [5.74, 6) is -0.0281. The van der Waals surface area contributed by atoms with Crippen molar-refractivity contribution in [1.29, 1.82) is 0 Å². The number of nitrogens with one attached hydrogen (secondary N) is 2. The second-order valence-electron chi connectivity index (χ2n) is 4.73. The van der Waals surface area contributed by atoms with Gasteiger partial charge in [0.15, 0.2) is 0 Å². The SMILES string of the molecule is CC(=O)Nc1cccc(NC(=O)[C@H]2CC=CCC2)c1. The molecule has 2 rings (SSSR count). The van der Waals surface area contributed by atoms with Crippen LogP contribution < -0.4 is 10.6 Å². The molecule has 4 heteroatoms. The molecule has 1 aliphatic rings. The fourth-order valence-corrected chi connectivity index (χ4v) is 2.15. The van der Waals surface area contributed by atoms with Gasteiger partial charge in [-0.25, -0.2) is 0 Å². The van der Waals surface area contributed by atoms with Gasteiger partial charge in [-0.15, -0.1) is 0 Å². The fourth-order valence-electron chi connectivity index (χ4n) is 2.15. The highest BCUT2D eigenvalue weighted by Crippen LogP contribution is 2.21. The lowest BCUT2D eigenvalue weighted by atomic mass is 9.93. The Morgan fingerprint density at radius 1 is 1.16 bits per heavy atom. The molecule has 0 bridgehead atoms. The number of amides is 2. The van der Waals surface area contributed by atoms with E-state index in [0.29, 0.717) is 11.4 Å². The molecular formula is C15H18N2O2. The third kappa shape index (κ3) is 3.95. The van der Waals surface area contributed by atoms with E-state index in [9.17, 15) is 9.59 Å². The number of rotatable bonds is 3. The molecule has 19 heavy (non-hydrogen) atoms. The maximum absolute atomic E-state index is 12.1. The smallest absolute Gasteiger partial charge is 0.227 e. The Hall–Kier alpha value is -2.10. The lowest BCUT2D eigenvalue weighted by molar-refractivity contribution is -0.120. The number of hydrogen-bond acceptors (Lipinski definition) is 2. The van der Waals surface area contributed by atoms with Crippen molar-refractivity contribution in [2.24, 2.45) is 5.92 Å². The van der Waals surface area contributed by atoms with Crippen molar-refractivity contribution in [2.45, 2.75) is 26.2 Å². The fraction of sp³-hybridized carbons (Fsp3) is 0.333. The number of hydrogen-bond donors (Lipinski definition) is 2. The van der Waals surface area contributed by atoms with Gasteiger partial charge in [0, 0.05) is 24.2 Å². The van der Waals surface area contributed by atoms with Crippen LogP contribution in [0.1, 0.15) is 26.2 Å². The lowest BCUT2D eigenvalue weighted by Gasteiger charge is -2.17. The molecule has 2 amide bonds. The lowest BCUT2D eigenvalue weighted by Crippen LogP contribution is -2.23. The summed E-state index contributed by atoms with van der Waals surface area (Å²) < 4.78 is 0. The van der Waals surface area contributed by atoms with E-state index in [1.54, 1.807) is 12.1 Å². The first-order valence-corrected chi connectivity index (χ1v) is 6.48. The molecule has 0 saturated heterocycles. The van der Waals surface area contributed by atoms with E-state index >= 15 is 0 Å². The van der Waals surface area contributed by atoms with Crippen molar-refractivity contribution in [3.05, 3.63) is 36.4 Å². The van der Waals surface area contributed by atoms with E-state index < -0.39 is 0 Å². The highest BCUT2D eigenvalue weighted by atomic mass is 16.2. The van der Waals surface area contributed by atoms with Crippen molar-refractivity contribution in [2.75, 3.05) is 10.6 Å². The van der Waals surface area contributed by atoms with Crippen LogP contribution in [0, 0.1) is 5.92 Å². The molecule has 0 radical (unpaired) electrons. The molecule has 1 atom stereocenters. The molecule has 0 heterocycles. The first-order valence-electron chi connectivity index (χ1n) is 6.48. The molecular weight excluding hydrogens is 240 g/mol. The van der Waals surface area contributed by atoms with Crippen LogP contribution in [-0.4, -0.2) is 11.8 Å². The Kier molecular flexibility index (Phi) is 4.34. The summed E-state index contributed by atoms with van der Waals surface area (Å²) in [5.41, 5.74) is 1.40. The molecule has 0 aromatic heterocycles. The third-order valence-electron chi connectivity index (χ3n) is 3.09. The van der Waals surface area contributed by atoms with Crippen LogP contribution >= 0.6 is 0 Å². The Labute approximate surface area is 112 Å².